The minimum atomic E-state index is -2.09. The zero-order chi connectivity index (χ0) is 9.14. The predicted octanol–water partition coefficient (Wildman–Crippen LogP) is 1.83. The molecule has 1 unspecified atom stereocenters. The van der Waals surface area contributed by atoms with E-state index in [9.17, 15) is 4.21 Å². The van der Waals surface area contributed by atoms with Crippen LogP contribution in [0.2, 0.25) is 0 Å². The molecule has 0 bridgehead atoms. The molecule has 0 saturated carbocycles. The Morgan fingerprint density at radius 1 is 1.50 bits per heavy atom. The smallest absolute Gasteiger partial charge is 0.187 e. The second-order valence-electron chi connectivity index (χ2n) is 2.06. The van der Waals surface area contributed by atoms with Gasteiger partial charge in [0.15, 0.2) is 11.1 Å². The van der Waals surface area contributed by atoms with E-state index in [1.807, 2.05) is 0 Å². The fourth-order valence-corrected chi connectivity index (χ4v) is 1.57. The van der Waals surface area contributed by atoms with Crippen molar-refractivity contribution in [3.05, 3.63) is 29.8 Å². The summed E-state index contributed by atoms with van der Waals surface area (Å²) >= 11 is 3.30. The van der Waals surface area contributed by atoms with Gasteiger partial charge in [-0.25, -0.2) is 4.21 Å². The van der Waals surface area contributed by atoms with Crippen LogP contribution in [-0.4, -0.2) is 13.9 Å². The number of halogens is 1. The van der Waals surface area contributed by atoms with Crippen LogP contribution in [0.5, 0.6) is 0 Å². The number of benzene rings is 1. The molecule has 0 radical (unpaired) electrons. The molecular formula is C7H6ClNO2S. The van der Waals surface area contributed by atoms with Crippen LogP contribution in [0, 0.1) is 5.41 Å². The van der Waals surface area contributed by atoms with Crippen molar-refractivity contribution in [1.29, 1.82) is 5.41 Å². The molecule has 64 valence electrons. The quantitative estimate of drug-likeness (QED) is 0.569. The van der Waals surface area contributed by atoms with E-state index in [0.29, 0.717) is 5.56 Å². The van der Waals surface area contributed by atoms with Crippen LogP contribution in [0.4, 0.5) is 0 Å². The minimum absolute atomic E-state index is 0.164. The van der Waals surface area contributed by atoms with Gasteiger partial charge >= 0.3 is 0 Å². The van der Waals surface area contributed by atoms with Gasteiger partial charge in [0, 0.05) is 5.56 Å². The molecule has 12 heavy (non-hydrogen) atoms. The van der Waals surface area contributed by atoms with Gasteiger partial charge in [0.05, 0.1) is 4.90 Å². The van der Waals surface area contributed by atoms with E-state index in [0.717, 1.165) is 0 Å². The first-order chi connectivity index (χ1) is 5.63. The van der Waals surface area contributed by atoms with Gasteiger partial charge in [-0.05, 0) is 6.07 Å². The van der Waals surface area contributed by atoms with Gasteiger partial charge in [0.2, 0.25) is 0 Å². The maximum absolute atomic E-state index is 10.7. The molecule has 0 fully saturated rings. The summed E-state index contributed by atoms with van der Waals surface area (Å²) < 4.78 is 19.5. The minimum Gasteiger partial charge on any atom is -0.302 e. The van der Waals surface area contributed by atoms with Crippen LogP contribution in [0.1, 0.15) is 5.56 Å². The third-order valence-corrected chi connectivity index (χ3v) is 2.25. The molecule has 1 atom stereocenters. The van der Waals surface area contributed by atoms with E-state index >= 15 is 0 Å². The Labute approximate surface area is 77.2 Å². The lowest BCUT2D eigenvalue weighted by Crippen LogP contribution is -1.98. The summed E-state index contributed by atoms with van der Waals surface area (Å²) in [5.74, 6) is 0. The van der Waals surface area contributed by atoms with Crippen LogP contribution in [-0.2, 0) is 11.1 Å². The van der Waals surface area contributed by atoms with Gasteiger partial charge in [-0.15, -0.1) is 0 Å². The molecule has 1 rings (SSSR count). The molecule has 0 saturated heterocycles. The average Bonchev–Trinajstić information content (AvgIpc) is 2.04. The molecule has 0 spiro atoms. The zero-order valence-electron chi connectivity index (χ0n) is 5.95. The van der Waals surface area contributed by atoms with E-state index < -0.39 is 11.1 Å². The molecular weight excluding hydrogens is 198 g/mol. The van der Waals surface area contributed by atoms with Crippen molar-refractivity contribution < 1.29 is 8.76 Å². The molecule has 3 nitrogen and oxygen atoms in total. The first-order valence-electron chi connectivity index (χ1n) is 3.07. The summed E-state index contributed by atoms with van der Waals surface area (Å²) in [7, 11) is 0. The Morgan fingerprint density at radius 3 is 2.50 bits per heavy atom. The monoisotopic (exact) mass is 203 g/mol. The predicted molar refractivity (Wildman–Crippen MR) is 48.2 cm³/mol. The highest BCUT2D eigenvalue weighted by Gasteiger charge is 2.08. The van der Waals surface area contributed by atoms with Crippen LogP contribution in [0.15, 0.2) is 29.2 Å². The Morgan fingerprint density at radius 2 is 2.08 bits per heavy atom. The lowest BCUT2D eigenvalue weighted by molar-refractivity contribution is 0.564. The Balaban J connectivity index is 3.27. The largest absolute Gasteiger partial charge is 0.302 e. The van der Waals surface area contributed by atoms with E-state index in [-0.39, 0.29) is 10.1 Å². The highest BCUT2D eigenvalue weighted by atomic mass is 35.5. The maximum Gasteiger partial charge on any atom is 0.187 e. The third-order valence-electron chi connectivity index (χ3n) is 1.31. The van der Waals surface area contributed by atoms with E-state index in [2.05, 4.69) is 0 Å². The van der Waals surface area contributed by atoms with Crippen molar-refractivity contribution in [3.8, 4) is 0 Å². The highest BCUT2D eigenvalue weighted by Crippen LogP contribution is 2.14. The fraction of sp³-hybridized carbons (Fsp3) is 0. The van der Waals surface area contributed by atoms with Crippen LogP contribution >= 0.6 is 11.6 Å². The fourth-order valence-electron chi connectivity index (χ4n) is 0.800. The molecule has 0 aliphatic rings. The SMILES string of the molecule is N=C(Cl)c1ccccc1S(=O)O. The first kappa shape index (κ1) is 9.38. The molecule has 0 heterocycles. The second-order valence-corrected chi connectivity index (χ2v) is 3.38. The summed E-state index contributed by atoms with van der Waals surface area (Å²) in [4.78, 5) is 0.164. The average molecular weight is 204 g/mol. The third kappa shape index (κ3) is 1.91. The van der Waals surface area contributed by atoms with Crippen LogP contribution in [0.3, 0.4) is 0 Å². The molecule has 0 aromatic heterocycles. The summed E-state index contributed by atoms with van der Waals surface area (Å²) in [6.45, 7) is 0. The Bertz CT molecular complexity index is 307. The first-order valence-corrected chi connectivity index (χ1v) is 4.55. The van der Waals surface area contributed by atoms with Crippen molar-refractivity contribution >= 4 is 27.9 Å². The van der Waals surface area contributed by atoms with Gasteiger partial charge in [0.1, 0.15) is 5.17 Å². The van der Waals surface area contributed by atoms with E-state index in [1.54, 1.807) is 12.1 Å². The lowest BCUT2D eigenvalue weighted by atomic mass is 10.2. The van der Waals surface area contributed by atoms with Gasteiger partial charge in [-0.1, -0.05) is 29.8 Å². The molecule has 2 N–H and O–H groups in total. The topological polar surface area (TPSA) is 61.2 Å². The van der Waals surface area contributed by atoms with E-state index in [4.69, 9.17) is 21.6 Å². The molecule has 0 aliphatic carbocycles. The van der Waals surface area contributed by atoms with Crippen molar-refractivity contribution in [2.24, 2.45) is 0 Å². The summed E-state index contributed by atoms with van der Waals surface area (Å²) in [6.07, 6.45) is 0. The number of hydrogen-bond acceptors (Lipinski definition) is 2. The zero-order valence-corrected chi connectivity index (χ0v) is 7.52. The molecule has 1 aromatic rings. The number of hydrogen-bond donors (Lipinski definition) is 2. The van der Waals surface area contributed by atoms with Gasteiger partial charge in [-0.3, -0.25) is 5.41 Å². The van der Waals surface area contributed by atoms with Crippen molar-refractivity contribution in [2.45, 2.75) is 4.90 Å². The lowest BCUT2D eigenvalue weighted by Gasteiger charge is -2.00. The second kappa shape index (κ2) is 3.80. The van der Waals surface area contributed by atoms with Crippen molar-refractivity contribution in [3.63, 3.8) is 0 Å². The Kier molecular flexibility index (Phi) is 2.97. The number of rotatable bonds is 2. The van der Waals surface area contributed by atoms with Crippen molar-refractivity contribution in [1.82, 2.24) is 0 Å². The van der Waals surface area contributed by atoms with Gasteiger partial charge in [0.25, 0.3) is 0 Å². The summed E-state index contributed by atoms with van der Waals surface area (Å²) in [5, 5.41) is 6.86. The normalized spacial score (nSPS) is 12.5. The van der Waals surface area contributed by atoms with Crippen molar-refractivity contribution in [2.75, 3.05) is 0 Å². The number of nitrogens with one attached hydrogen (secondary N) is 1. The van der Waals surface area contributed by atoms with E-state index in [1.165, 1.54) is 12.1 Å². The van der Waals surface area contributed by atoms with Crippen LogP contribution in [0.25, 0.3) is 0 Å². The summed E-state index contributed by atoms with van der Waals surface area (Å²) in [5.41, 5.74) is 0.292. The Hall–Kier alpha value is -0.710. The highest BCUT2D eigenvalue weighted by molar-refractivity contribution is 7.79. The maximum atomic E-state index is 10.7. The molecule has 1 aromatic carbocycles. The van der Waals surface area contributed by atoms with Crippen LogP contribution < -0.4 is 0 Å². The van der Waals surface area contributed by atoms with Gasteiger partial charge in [-0.2, -0.15) is 0 Å². The molecule has 5 heteroatoms. The van der Waals surface area contributed by atoms with Gasteiger partial charge < -0.3 is 4.55 Å². The molecule has 0 amide bonds. The summed E-state index contributed by atoms with van der Waals surface area (Å²) in [6, 6.07) is 6.26. The molecule has 0 aliphatic heterocycles. The standard InChI is InChI=1S/C7H6ClNO2S/c8-7(9)5-3-1-2-4-6(5)12(10)11/h1-4,9H,(H,10,11).